The van der Waals surface area contributed by atoms with Gasteiger partial charge in [-0.25, -0.2) is 4.79 Å². The summed E-state index contributed by atoms with van der Waals surface area (Å²) in [5.41, 5.74) is -1.84. The second-order valence-electron chi connectivity index (χ2n) is 6.75. The van der Waals surface area contributed by atoms with Crippen molar-refractivity contribution < 1.29 is 28.9 Å². The molecule has 2 saturated heterocycles. The number of aliphatic hydroxyl groups excluding tert-OH is 1. The molecule has 0 unspecified atom stereocenters. The van der Waals surface area contributed by atoms with Crippen molar-refractivity contribution in [2.75, 3.05) is 19.8 Å². The Kier molecular flexibility index (Phi) is 6.27. The van der Waals surface area contributed by atoms with E-state index in [0.29, 0.717) is 6.61 Å². The van der Waals surface area contributed by atoms with Crippen LogP contribution in [0.4, 0.5) is 0 Å². The zero-order valence-electron chi connectivity index (χ0n) is 15.4. The fourth-order valence-electron chi connectivity index (χ4n) is 3.34. The Morgan fingerprint density at radius 1 is 1.43 bits per heavy atom. The van der Waals surface area contributed by atoms with Crippen LogP contribution >= 0.6 is 0 Å². The summed E-state index contributed by atoms with van der Waals surface area (Å²) in [7, 11) is 0. The first kappa shape index (κ1) is 20.2. The predicted octanol–water partition coefficient (Wildman–Crippen LogP) is -1.34. The fraction of sp³-hybridized carbons (Fsp3) is 0.647. The third kappa shape index (κ3) is 4.49. The van der Waals surface area contributed by atoms with E-state index >= 15 is 0 Å². The molecular formula is C17H23N3O8. The van der Waals surface area contributed by atoms with Gasteiger partial charge < -0.3 is 24.6 Å². The Hall–Kier alpha value is -2.50. The van der Waals surface area contributed by atoms with Gasteiger partial charge in [0.1, 0.15) is 24.0 Å². The van der Waals surface area contributed by atoms with Crippen LogP contribution in [0.3, 0.4) is 0 Å². The monoisotopic (exact) mass is 397 g/mol. The summed E-state index contributed by atoms with van der Waals surface area (Å²) >= 11 is 0. The number of amides is 1. The first-order valence-electron chi connectivity index (χ1n) is 9.08. The summed E-state index contributed by atoms with van der Waals surface area (Å²) in [6.07, 6.45) is 0.381. The van der Waals surface area contributed by atoms with E-state index in [0.717, 1.165) is 23.6 Å². The summed E-state index contributed by atoms with van der Waals surface area (Å²) in [6, 6.07) is 0. The molecule has 1 aromatic heterocycles. The summed E-state index contributed by atoms with van der Waals surface area (Å²) in [4.78, 5) is 49.9. The molecular weight excluding hydrogens is 374 g/mol. The van der Waals surface area contributed by atoms with Gasteiger partial charge in [0, 0.05) is 32.7 Å². The summed E-state index contributed by atoms with van der Waals surface area (Å²) in [6.45, 7) is 1.71. The molecule has 0 aromatic carbocycles. The lowest BCUT2D eigenvalue weighted by atomic mass is 10.2. The number of ether oxygens (including phenoxy) is 3. The van der Waals surface area contributed by atoms with E-state index in [-0.39, 0.29) is 24.6 Å². The average molecular weight is 397 g/mol. The molecule has 0 spiro atoms. The van der Waals surface area contributed by atoms with Crippen LogP contribution in [0.1, 0.15) is 42.8 Å². The molecule has 154 valence electrons. The molecule has 3 N–H and O–H groups in total. The van der Waals surface area contributed by atoms with Crippen LogP contribution in [0.15, 0.2) is 15.8 Å². The number of carbonyl (C=O) groups is 2. The maximum absolute atomic E-state index is 12.4. The highest BCUT2D eigenvalue weighted by atomic mass is 16.6. The van der Waals surface area contributed by atoms with Gasteiger partial charge in [0.25, 0.3) is 11.5 Å². The summed E-state index contributed by atoms with van der Waals surface area (Å²) in [5, 5.41) is 12.0. The lowest BCUT2D eigenvalue weighted by molar-refractivity contribution is -0.150. The Labute approximate surface area is 159 Å². The number of esters is 1. The normalized spacial score (nSPS) is 26.9. The minimum absolute atomic E-state index is 0.0910. The lowest BCUT2D eigenvalue weighted by Gasteiger charge is -2.16. The first-order chi connectivity index (χ1) is 13.4. The van der Waals surface area contributed by atoms with Gasteiger partial charge in [-0.1, -0.05) is 0 Å². The molecule has 0 bridgehead atoms. The van der Waals surface area contributed by atoms with E-state index in [1.165, 1.54) is 6.92 Å². The molecule has 0 saturated carbocycles. The number of nitrogens with one attached hydrogen (secondary N) is 2. The molecule has 4 atom stereocenters. The number of H-pyrrole nitrogens is 1. The number of carbonyl (C=O) groups excluding carboxylic acids is 2. The maximum atomic E-state index is 12.4. The highest BCUT2D eigenvalue weighted by Gasteiger charge is 2.38. The van der Waals surface area contributed by atoms with Crippen molar-refractivity contribution in [1.29, 1.82) is 0 Å². The SMILES string of the molecule is CC(=O)O[C@H]1C[C@H](n2cc(C(=O)NC[C@H]3CCCO3)c(=O)[nH]c2=O)O[C@@H]1CO. The zero-order chi connectivity index (χ0) is 20.3. The zero-order valence-corrected chi connectivity index (χ0v) is 15.4. The molecule has 28 heavy (non-hydrogen) atoms. The van der Waals surface area contributed by atoms with Crippen LogP contribution in [0.2, 0.25) is 0 Å². The highest BCUT2D eigenvalue weighted by Crippen LogP contribution is 2.29. The van der Waals surface area contributed by atoms with Gasteiger partial charge in [-0.3, -0.25) is 23.9 Å². The van der Waals surface area contributed by atoms with Gasteiger partial charge in [-0.05, 0) is 12.8 Å². The predicted molar refractivity (Wildman–Crippen MR) is 93.8 cm³/mol. The largest absolute Gasteiger partial charge is 0.460 e. The standard InChI is InChI=1S/C17H23N3O8/c1-9(22)27-12-5-14(28-13(12)8-21)20-7-11(16(24)19-17(20)25)15(23)18-6-10-3-2-4-26-10/h7,10,12-14,21H,2-6,8H2,1H3,(H,18,23)(H,19,24,25)/t10-,12+,13-,14-/m1/s1. The van der Waals surface area contributed by atoms with Crippen LogP contribution in [-0.4, -0.2) is 64.6 Å². The second-order valence-corrected chi connectivity index (χ2v) is 6.75. The topological polar surface area (TPSA) is 149 Å². The van der Waals surface area contributed by atoms with Gasteiger partial charge in [0.05, 0.1) is 12.7 Å². The molecule has 0 radical (unpaired) electrons. The number of rotatable bonds is 6. The Morgan fingerprint density at radius 2 is 2.21 bits per heavy atom. The molecule has 2 aliphatic heterocycles. The molecule has 3 rings (SSSR count). The van der Waals surface area contributed by atoms with Gasteiger partial charge in [-0.2, -0.15) is 0 Å². The second kappa shape index (κ2) is 8.67. The fourth-order valence-corrected chi connectivity index (χ4v) is 3.34. The van der Waals surface area contributed by atoms with Crippen molar-refractivity contribution in [2.45, 2.75) is 50.7 Å². The third-order valence-electron chi connectivity index (χ3n) is 4.71. The average Bonchev–Trinajstić information content (AvgIpc) is 3.29. The van der Waals surface area contributed by atoms with Crippen LogP contribution in [0.25, 0.3) is 0 Å². The molecule has 11 nitrogen and oxygen atoms in total. The minimum atomic E-state index is -0.907. The first-order valence-corrected chi connectivity index (χ1v) is 9.08. The molecule has 0 aliphatic carbocycles. The van der Waals surface area contributed by atoms with Crippen LogP contribution in [0.5, 0.6) is 0 Å². The van der Waals surface area contributed by atoms with Crippen LogP contribution < -0.4 is 16.6 Å². The Morgan fingerprint density at radius 3 is 2.86 bits per heavy atom. The minimum Gasteiger partial charge on any atom is -0.460 e. The number of aromatic nitrogens is 2. The number of aromatic amines is 1. The van der Waals surface area contributed by atoms with Crippen molar-refractivity contribution in [3.05, 3.63) is 32.6 Å². The third-order valence-corrected chi connectivity index (χ3v) is 4.71. The van der Waals surface area contributed by atoms with E-state index in [2.05, 4.69) is 10.3 Å². The van der Waals surface area contributed by atoms with Gasteiger partial charge >= 0.3 is 11.7 Å². The van der Waals surface area contributed by atoms with E-state index in [4.69, 9.17) is 14.2 Å². The molecule has 2 aliphatic rings. The van der Waals surface area contributed by atoms with Gasteiger partial charge in [0.2, 0.25) is 0 Å². The lowest BCUT2D eigenvalue weighted by Crippen LogP contribution is -2.40. The molecule has 1 aromatic rings. The number of aliphatic hydroxyl groups is 1. The Balaban J connectivity index is 1.77. The summed E-state index contributed by atoms with van der Waals surface area (Å²) < 4.78 is 17.1. The Bertz CT molecular complexity index is 842. The van der Waals surface area contributed by atoms with E-state index < -0.39 is 48.2 Å². The highest BCUT2D eigenvalue weighted by molar-refractivity contribution is 5.93. The van der Waals surface area contributed by atoms with E-state index in [1.807, 2.05) is 0 Å². The smallest absolute Gasteiger partial charge is 0.330 e. The molecule has 11 heteroatoms. The van der Waals surface area contributed by atoms with Crippen molar-refractivity contribution in [2.24, 2.45) is 0 Å². The number of hydrogen-bond donors (Lipinski definition) is 3. The van der Waals surface area contributed by atoms with Crippen LogP contribution in [-0.2, 0) is 19.0 Å². The quantitative estimate of drug-likeness (QED) is 0.499. The number of nitrogens with zero attached hydrogens (tertiary/aromatic N) is 1. The van der Waals surface area contributed by atoms with Crippen molar-refractivity contribution >= 4 is 11.9 Å². The van der Waals surface area contributed by atoms with Crippen molar-refractivity contribution in [3.63, 3.8) is 0 Å². The van der Waals surface area contributed by atoms with Crippen molar-refractivity contribution in [1.82, 2.24) is 14.9 Å². The van der Waals surface area contributed by atoms with Gasteiger partial charge in [-0.15, -0.1) is 0 Å². The van der Waals surface area contributed by atoms with E-state index in [1.54, 1.807) is 0 Å². The number of hydrogen-bond acceptors (Lipinski definition) is 8. The summed E-state index contributed by atoms with van der Waals surface area (Å²) in [5.74, 6) is -1.19. The molecule has 1 amide bonds. The molecule has 3 heterocycles. The van der Waals surface area contributed by atoms with Crippen LogP contribution in [0, 0.1) is 0 Å². The van der Waals surface area contributed by atoms with E-state index in [9.17, 15) is 24.3 Å². The van der Waals surface area contributed by atoms with Gasteiger partial charge in [0.15, 0.2) is 0 Å². The molecule has 2 fully saturated rings. The van der Waals surface area contributed by atoms with Crippen molar-refractivity contribution in [3.8, 4) is 0 Å². The maximum Gasteiger partial charge on any atom is 0.330 e.